The van der Waals surface area contributed by atoms with Crippen LogP contribution >= 0.6 is 0 Å². The normalized spacial score (nSPS) is 16.1. The number of rotatable bonds is 2. The highest BCUT2D eigenvalue weighted by Gasteiger charge is 2.28. The van der Waals surface area contributed by atoms with Gasteiger partial charge in [-0.1, -0.05) is 75.3 Å². The quantitative estimate of drug-likeness (QED) is 0.423. The Labute approximate surface area is 124 Å². The van der Waals surface area contributed by atoms with Crippen molar-refractivity contribution >= 4 is 14.8 Å². The molecule has 0 saturated carbocycles. The SMILES string of the molecule is C=[N+]1C=C([Si](C)(C)C)C(C)=C[C-]1c1c(C)cccc1C. The lowest BCUT2D eigenvalue weighted by atomic mass is 9.93. The molecular weight excluding hydrogens is 258 g/mol. The molecule has 0 N–H and O–H groups in total. The van der Waals surface area contributed by atoms with Crippen LogP contribution < -0.4 is 0 Å². The highest BCUT2D eigenvalue weighted by molar-refractivity contribution is 6.84. The minimum atomic E-state index is -1.32. The van der Waals surface area contributed by atoms with Gasteiger partial charge in [-0.05, 0) is 16.8 Å². The van der Waals surface area contributed by atoms with Crippen LogP contribution in [0.5, 0.6) is 0 Å². The molecule has 0 aliphatic carbocycles. The largest absolute Gasteiger partial charge is 0.255 e. The van der Waals surface area contributed by atoms with Gasteiger partial charge in [-0.3, -0.25) is 4.58 Å². The standard InChI is InChI=1S/C18H25NSi/c1-13-9-8-10-14(2)18(13)16-11-15(3)17(12-19(16)4)20(5,6)7/h8-12H,4H2,1-3,5-7H3. The van der Waals surface area contributed by atoms with Crippen LogP contribution in [0.4, 0.5) is 0 Å². The second-order valence-corrected chi connectivity index (χ2v) is 11.8. The van der Waals surface area contributed by atoms with E-state index in [9.17, 15) is 0 Å². The number of aryl methyl sites for hydroxylation is 2. The fourth-order valence-corrected chi connectivity index (χ4v) is 4.71. The van der Waals surface area contributed by atoms with E-state index in [0.717, 1.165) is 0 Å². The number of benzene rings is 1. The fraction of sp³-hybridized carbons (Fsp3) is 0.333. The Bertz CT molecular complexity index is 595. The molecule has 0 atom stereocenters. The molecule has 1 nitrogen and oxygen atoms in total. The van der Waals surface area contributed by atoms with Gasteiger partial charge in [0.05, 0.1) is 14.8 Å². The van der Waals surface area contributed by atoms with Gasteiger partial charge in [-0.25, -0.2) is 0 Å². The second-order valence-electron chi connectivity index (χ2n) is 6.74. The molecule has 0 spiro atoms. The molecule has 1 aromatic carbocycles. The van der Waals surface area contributed by atoms with Gasteiger partial charge in [0.15, 0.2) is 0 Å². The predicted octanol–water partition coefficient (Wildman–Crippen LogP) is 4.62. The van der Waals surface area contributed by atoms with Crippen molar-refractivity contribution in [3.63, 3.8) is 0 Å². The van der Waals surface area contributed by atoms with Crippen LogP contribution in [-0.4, -0.2) is 19.4 Å². The van der Waals surface area contributed by atoms with Crippen LogP contribution in [0.25, 0.3) is 0 Å². The summed E-state index contributed by atoms with van der Waals surface area (Å²) in [6.45, 7) is 18.0. The number of hydrogen-bond donors (Lipinski definition) is 0. The summed E-state index contributed by atoms with van der Waals surface area (Å²) in [6, 6.07) is 7.67. The molecule has 0 radical (unpaired) electrons. The van der Waals surface area contributed by atoms with Crippen molar-refractivity contribution in [2.45, 2.75) is 40.4 Å². The summed E-state index contributed by atoms with van der Waals surface area (Å²) in [4.78, 5) is 0. The Morgan fingerprint density at radius 1 is 1.05 bits per heavy atom. The molecule has 2 heteroatoms. The van der Waals surface area contributed by atoms with Gasteiger partial charge >= 0.3 is 0 Å². The minimum Gasteiger partial charge on any atom is -0.255 e. The van der Waals surface area contributed by atoms with Crippen LogP contribution in [0.3, 0.4) is 0 Å². The Kier molecular flexibility index (Phi) is 3.79. The van der Waals surface area contributed by atoms with E-state index in [-0.39, 0.29) is 0 Å². The molecule has 20 heavy (non-hydrogen) atoms. The highest BCUT2D eigenvalue weighted by Crippen LogP contribution is 2.33. The maximum absolute atomic E-state index is 4.23. The van der Waals surface area contributed by atoms with Crippen LogP contribution in [0.2, 0.25) is 19.6 Å². The zero-order valence-corrected chi connectivity index (χ0v) is 14.5. The average Bonchev–Trinajstić information content (AvgIpc) is 2.31. The zero-order chi connectivity index (χ0) is 15.1. The fourth-order valence-electron chi connectivity index (χ4n) is 2.91. The lowest BCUT2D eigenvalue weighted by Crippen LogP contribution is -2.30. The van der Waals surface area contributed by atoms with Crippen LogP contribution in [0.1, 0.15) is 23.6 Å². The molecule has 0 saturated heterocycles. The van der Waals surface area contributed by atoms with Crippen molar-refractivity contribution in [2.75, 3.05) is 0 Å². The smallest absolute Gasteiger partial charge is 0.147 e. The van der Waals surface area contributed by atoms with E-state index < -0.39 is 8.07 Å². The lowest BCUT2D eigenvalue weighted by molar-refractivity contribution is -0.418. The Hall–Kier alpha value is -1.54. The summed E-state index contributed by atoms with van der Waals surface area (Å²) in [5.41, 5.74) is 5.32. The Balaban J connectivity index is 2.49. The lowest BCUT2D eigenvalue weighted by Gasteiger charge is -2.30. The third kappa shape index (κ3) is 2.66. The van der Waals surface area contributed by atoms with Gasteiger partial charge in [0.2, 0.25) is 0 Å². The Morgan fingerprint density at radius 2 is 1.60 bits per heavy atom. The molecule has 1 heterocycles. The van der Waals surface area contributed by atoms with E-state index in [4.69, 9.17) is 0 Å². The summed E-state index contributed by atoms with van der Waals surface area (Å²) in [6.07, 6.45) is 4.54. The third-order valence-electron chi connectivity index (χ3n) is 3.92. The van der Waals surface area contributed by atoms with Crippen molar-refractivity contribution in [3.05, 3.63) is 64.0 Å². The van der Waals surface area contributed by atoms with Crippen LogP contribution in [0.15, 0.2) is 41.2 Å². The Morgan fingerprint density at radius 3 is 2.10 bits per heavy atom. The van der Waals surface area contributed by atoms with Crippen LogP contribution in [-0.2, 0) is 0 Å². The molecule has 1 aromatic rings. The van der Waals surface area contributed by atoms with Gasteiger partial charge in [0.1, 0.15) is 12.2 Å². The van der Waals surface area contributed by atoms with E-state index >= 15 is 0 Å². The van der Waals surface area contributed by atoms with E-state index in [1.807, 2.05) is 0 Å². The van der Waals surface area contributed by atoms with Crippen molar-refractivity contribution in [1.82, 2.24) is 0 Å². The first-order valence-corrected chi connectivity index (χ1v) is 10.7. The summed E-state index contributed by atoms with van der Waals surface area (Å²) in [7, 11) is -1.32. The van der Waals surface area contributed by atoms with Gasteiger partial charge < -0.3 is 0 Å². The molecule has 106 valence electrons. The third-order valence-corrected chi connectivity index (χ3v) is 6.06. The molecular formula is C18H25NSi. The van der Waals surface area contributed by atoms with Gasteiger partial charge in [-0.15, -0.1) is 0 Å². The van der Waals surface area contributed by atoms with E-state index in [2.05, 4.69) is 82.2 Å². The summed E-state index contributed by atoms with van der Waals surface area (Å²) >= 11 is 0. The van der Waals surface area contributed by atoms with Crippen molar-refractivity contribution in [3.8, 4) is 0 Å². The van der Waals surface area contributed by atoms with E-state index in [0.29, 0.717) is 0 Å². The van der Waals surface area contributed by atoms with Crippen LogP contribution in [0, 0.1) is 19.9 Å². The van der Waals surface area contributed by atoms with Gasteiger partial charge in [0, 0.05) is 0 Å². The second kappa shape index (κ2) is 5.10. The van der Waals surface area contributed by atoms with Crippen molar-refractivity contribution < 1.29 is 4.58 Å². The monoisotopic (exact) mass is 283 g/mol. The van der Waals surface area contributed by atoms with E-state index in [1.54, 1.807) is 0 Å². The van der Waals surface area contributed by atoms with Gasteiger partial charge in [-0.2, -0.15) is 0 Å². The summed E-state index contributed by atoms with van der Waals surface area (Å²) < 4.78 is 2.05. The molecule has 0 unspecified atom stereocenters. The average molecular weight is 283 g/mol. The first kappa shape index (κ1) is 14.9. The molecule has 0 fully saturated rings. The number of nitrogens with zero attached hydrogens (tertiary/aromatic N) is 1. The zero-order valence-electron chi connectivity index (χ0n) is 13.5. The maximum Gasteiger partial charge on any atom is 0.147 e. The first-order valence-electron chi connectivity index (χ1n) is 7.16. The molecule has 1 aliphatic heterocycles. The molecule has 2 rings (SSSR count). The van der Waals surface area contributed by atoms with Crippen molar-refractivity contribution in [2.24, 2.45) is 0 Å². The molecule has 1 aliphatic rings. The molecule has 0 amide bonds. The van der Waals surface area contributed by atoms with Crippen molar-refractivity contribution in [1.29, 1.82) is 0 Å². The summed E-state index contributed by atoms with van der Waals surface area (Å²) in [5, 5.41) is 1.49. The first-order chi connectivity index (χ1) is 9.21. The summed E-state index contributed by atoms with van der Waals surface area (Å²) in [5.74, 6) is 0. The topological polar surface area (TPSA) is 3.01 Å². The predicted molar refractivity (Wildman–Crippen MR) is 90.8 cm³/mol. The molecule has 0 bridgehead atoms. The maximum atomic E-state index is 4.23. The highest BCUT2D eigenvalue weighted by atomic mass is 28.3. The minimum absolute atomic E-state index is 1.21. The van der Waals surface area contributed by atoms with Gasteiger partial charge in [0.25, 0.3) is 0 Å². The van der Waals surface area contributed by atoms with E-state index in [1.165, 1.54) is 33.5 Å². The number of allylic oxidation sites excluding steroid dienone is 2. The molecule has 0 aromatic heterocycles. The number of hydrogen-bond acceptors (Lipinski definition) is 0.